The molecular weight excluding hydrogens is 388 g/mol. The number of hydrogen-bond acceptors (Lipinski definition) is 4. The van der Waals surface area contributed by atoms with Gasteiger partial charge in [-0.1, -0.05) is 45.0 Å². The molecular formula is C22H30N2O4S. The number of benzene rings is 2. The first-order valence-corrected chi connectivity index (χ1v) is 11.3. The molecule has 158 valence electrons. The molecule has 0 heterocycles. The summed E-state index contributed by atoms with van der Waals surface area (Å²) < 4.78 is 30.9. The number of rotatable bonds is 7. The molecule has 6 nitrogen and oxygen atoms in total. The van der Waals surface area contributed by atoms with Crippen LogP contribution in [0.2, 0.25) is 0 Å². The minimum atomic E-state index is -3.61. The van der Waals surface area contributed by atoms with Crippen LogP contribution in [0.5, 0.6) is 5.75 Å². The maximum absolute atomic E-state index is 12.6. The van der Waals surface area contributed by atoms with Crippen molar-refractivity contribution in [2.45, 2.75) is 39.2 Å². The number of hydrogen-bond donors (Lipinski definition) is 1. The van der Waals surface area contributed by atoms with E-state index in [2.05, 4.69) is 26.1 Å². The number of sulfonamides is 1. The Morgan fingerprint density at radius 1 is 1.07 bits per heavy atom. The van der Waals surface area contributed by atoms with Crippen molar-refractivity contribution in [1.29, 1.82) is 0 Å². The van der Waals surface area contributed by atoms with E-state index in [1.54, 1.807) is 19.2 Å². The molecule has 2 aromatic rings. The van der Waals surface area contributed by atoms with Gasteiger partial charge in [-0.3, -0.25) is 9.10 Å². The molecule has 0 aliphatic heterocycles. The average Bonchev–Trinajstić information content (AvgIpc) is 2.64. The zero-order chi connectivity index (χ0) is 21.8. The normalized spacial score (nSPS) is 12.9. The fourth-order valence-electron chi connectivity index (χ4n) is 2.92. The van der Waals surface area contributed by atoms with E-state index in [1.807, 2.05) is 43.3 Å². The number of nitrogens with zero attached hydrogens (tertiary/aromatic N) is 1. The van der Waals surface area contributed by atoms with Gasteiger partial charge in [-0.25, -0.2) is 8.42 Å². The molecule has 0 spiro atoms. The fraction of sp³-hybridized carbons (Fsp3) is 0.409. The Hall–Kier alpha value is -2.54. The van der Waals surface area contributed by atoms with E-state index in [-0.39, 0.29) is 23.9 Å². The molecule has 0 bridgehead atoms. The van der Waals surface area contributed by atoms with Crippen molar-refractivity contribution in [3.8, 4) is 5.75 Å². The van der Waals surface area contributed by atoms with E-state index in [9.17, 15) is 13.2 Å². The van der Waals surface area contributed by atoms with Gasteiger partial charge in [0.25, 0.3) is 0 Å². The number of amides is 1. The number of anilines is 1. The smallest absolute Gasteiger partial charge is 0.241 e. The lowest BCUT2D eigenvalue weighted by atomic mass is 9.87. The van der Waals surface area contributed by atoms with Crippen LogP contribution in [0.25, 0.3) is 0 Å². The van der Waals surface area contributed by atoms with Crippen LogP contribution in [-0.4, -0.2) is 34.2 Å². The van der Waals surface area contributed by atoms with Crippen molar-refractivity contribution >= 4 is 21.6 Å². The summed E-state index contributed by atoms with van der Waals surface area (Å²) >= 11 is 0. The first-order chi connectivity index (χ1) is 13.4. The first-order valence-electron chi connectivity index (χ1n) is 9.43. The van der Waals surface area contributed by atoms with Crippen molar-refractivity contribution in [3.63, 3.8) is 0 Å². The fourth-order valence-corrected chi connectivity index (χ4v) is 3.78. The molecule has 0 saturated carbocycles. The first kappa shape index (κ1) is 22.7. The lowest BCUT2D eigenvalue weighted by Gasteiger charge is -2.25. The molecule has 1 atom stereocenters. The molecule has 0 fully saturated rings. The van der Waals surface area contributed by atoms with Gasteiger partial charge in [0.1, 0.15) is 12.3 Å². The van der Waals surface area contributed by atoms with Crippen LogP contribution in [0, 0.1) is 0 Å². The molecule has 1 amide bonds. The summed E-state index contributed by atoms with van der Waals surface area (Å²) in [6.07, 6.45) is 1.10. The maximum atomic E-state index is 12.6. The zero-order valence-electron chi connectivity index (χ0n) is 17.9. The topological polar surface area (TPSA) is 75.7 Å². The van der Waals surface area contributed by atoms with Crippen LogP contribution in [0.3, 0.4) is 0 Å². The molecule has 0 aromatic heterocycles. The second kappa shape index (κ2) is 8.86. The predicted molar refractivity (Wildman–Crippen MR) is 117 cm³/mol. The van der Waals surface area contributed by atoms with Crippen molar-refractivity contribution in [2.75, 3.05) is 24.2 Å². The van der Waals surface area contributed by atoms with Crippen molar-refractivity contribution in [2.24, 2.45) is 0 Å². The van der Waals surface area contributed by atoms with E-state index in [0.29, 0.717) is 5.69 Å². The Bertz CT molecular complexity index is 930. The number of carbonyl (C=O) groups excluding carboxylic acids is 1. The summed E-state index contributed by atoms with van der Waals surface area (Å²) in [4.78, 5) is 12.6. The summed E-state index contributed by atoms with van der Waals surface area (Å²) in [7, 11) is -2.02. The Labute approximate surface area is 173 Å². The molecule has 2 aromatic carbocycles. The van der Waals surface area contributed by atoms with Gasteiger partial charge < -0.3 is 10.1 Å². The second-order valence-corrected chi connectivity index (χ2v) is 10.0. The molecule has 0 aliphatic carbocycles. The van der Waals surface area contributed by atoms with Crippen LogP contribution in [-0.2, 0) is 20.2 Å². The SMILES string of the molecule is COc1ccc([C@H](C)NC(=O)CN(c2ccc(C(C)(C)C)cc2)S(C)(=O)=O)cc1. The molecule has 2 rings (SSSR count). The highest BCUT2D eigenvalue weighted by molar-refractivity contribution is 7.92. The quantitative estimate of drug-likeness (QED) is 0.745. The van der Waals surface area contributed by atoms with Crippen molar-refractivity contribution in [1.82, 2.24) is 5.32 Å². The Balaban J connectivity index is 2.14. The van der Waals surface area contributed by atoms with Crippen molar-refractivity contribution < 1.29 is 17.9 Å². The van der Waals surface area contributed by atoms with Gasteiger partial charge >= 0.3 is 0 Å². The number of ether oxygens (including phenoxy) is 1. The van der Waals surface area contributed by atoms with Gasteiger partial charge in [0.15, 0.2) is 0 Å². The van der Waals surface area contributed by atoms with Crippen LogP contribution in [0.1, 0.15) is 44.9 Å². The Morgan fingerprint density at radius 2 is 1.62 bits per heavy atom. The predicted octanol–water partition coefficient (Wildman–Crippen LogP) is 3.64. The highest BCUT2D eigenvalue weighted by Crippen LogP contribution is 2.26. The largest absolute Gasteiger partial charge is 0.497 e. The monoisotopic (exact) mass is 418 g/mol. The van der Waals surface area contributed by atoms with E-state index < -0.39 is 10.0 Å². The van der Waals surface area contributed by atoms with E-state index in [4.69, 9.17) is 4.74 Å². The van der Waals surface area contributed by atoms with Crippen LogP contribution in [0.15, 0.2) is 48.5 Å². The summed E-state index contributed by atoms with van der Waals surface area (Å²) in [5.74, 6) is 0.355. The van der Waals surface area contributed by atoms with Gasteiger partial charge in [0, 0.05) is 0 Å². The van der Waals surface area contributed by atoms with Gasteiger partial charge in [-0.05, 0) is 47.7 Å². The van der Waals surface area contributed by atoms with Crippen LogP contribution < -0.4 is 14.4 Å². The molecule has 0 saturated heterocycles. The zero-order valence-corrected chi connectivity index (χ0v) is 18.7. The molecule has 7 heteroatoms. The standard InChI is InChI=1S/C22H30N2O4S/c1-16(17-7-13-20(28-5)14-8-17)23-21(25)15-24(29(6,26)27)19-11-9-18(10-12-19)22(2,3)4/h7-14,16H,15H2,1-6H3,(H,23,25)/t16-/m0/s1. The number of carbonyl (C=O) groups is 1. The van der Waals surface area contributed by atoms with Crippen LogP contribution >= 0.6 is 0 Å². The van der Waals surface area contributed by atoms with Gasteiger partial charge in [0.2, 0.25) is 15.9 Å². The summed E-state index contributed by atoms with van der Waals surface area (Å²) in [6, 6.07) is 14.4. The van der Waals surface area contributed by atoms with Crippen LogP contribution in [0.4, 0.5) is 5.69 Å². The molecule has 0 unspecified atom stereocenters. The third kappa shape index (κ3) is 6.22. The maximum Gasteiger partial charge on any atom is 0.241 e. The molecule has 1 N–H and O–H groups in total. The average molecular weight is 419 g/mol. The molecule has 0 radical (unpaired) electrons. The Kier molecular flexibility index (Phi) is 6.95. The molecule has 0 aliphatic rings. The number of nitrogens with one attached hydrogen (secondary N) is 1. The summed E-state index contributed by atoms with van der Waals surface area (Å²) in [5, 5.41) is 2.86. The minimum absolute atomic E-state index is 0.0420. The van der Waals surface area contributed by atoms with Gasteiger partial charge in [-0.15, -0.1) is 0 Å². The lowest BCUT2D eigenvalue weighted by molar-refractivity contribution is -0.120. The summed E-state index contributed by atoms with van der Waals surface area (Å²) in [6.45, 7) is 7.83. The second-order valence-electron chi connectivity index (χ2n) is 8.13. The van der Waals surface area contributed by atoms with E-state index in [0.717, 1.165) is 27.4 Å². The van der Waals surface area contributed by atoms with E-state index >= 15 is 0 Å². The minimum Gasteiger partial charge on any atom is -0.497 e. The highest BCUT2D eigenvalue weighted by atomic mass is 32.2. The third-order valence-electron chi connectivity index (χ3n) is 4.70. The summed E-state index contributed by atoms with van der Waals surface area (Å²) in [5.41, 5.74) is 2.42. The Morgan fingerprint density at radius 3 is 2.07 bits per heavy atom. The highest BCUT2D eigenvalue weighted by Gasteiger charge is 2.23. The van der Waals surface area contributed by atoms with Crippen molar-refractivity contribution in [3.05, 3.63) is 59.7 Å². The lowest BCUT2D eigenvalue weighted by Crippen LogP contribution is -2.41. The van der Waals surface area contributed by atoms with Gasteiger partial charge in [0.05, 0.1) is 25.1 Å². The van der Waals surface area contributed by atoms with Gasteiger partial charge in [-0.2, -0.15) is 0 Å². The third-order valence-corrected chi connectivity index (χ3v) is 5.84. The molecule has 29 heavy (non-hydrogen) atoms. The van der Waals surface area contributed by atoms with E-state index in [1.165, 1.54) is 0 Å². The number of methoxy groups -OCH3 is 1.